The molecule has 1 heterocycles. The van der Waals surface area contributed by atoms with Crippen LogP contribution in [0.15, 0.2) is 83.7 Å². The first-order chi connectivity index (χ1) is 15.4. The van der Waals surface area contributed by atoms with Crippen LogP contribution in [0.1, 0.15) is 32.0 Å². The Morgan fingerprint density at radius 1 is 0.906 bits per heavy atom. The number of nitrogens with two attached hydrogens (primary N) is 1. The second kappa shape index (κ2) is 8.85. The van der Waals surface area contributed by atoms with Crippen molar-refractivity contribution in [1.29, 1.82) is 0 Å². The molecule has 160 valence electrons. The Labute approximate surface area is 184 Å². The van der Waals surface area contributed by atoms with Gasteiger partial charge >= 0.3 is 0 Å². The van der Waals surface area contributed by atoms with Crippen molar-refractivity contribution >= 4 is 22.6 Å². The fraction of sp³-hybridized carbons (Fsp3) is 0.120. The van der Waals surface area contributed by atoms with E-state index >= 15 is 0 Å². The number of rotatable bonds is 6. The van der Waals surface area contributed by atoms with Crippen LogP contribution < -0.4 is 11.3 Å². The first-order valence-corrected chi connectivity index (χ1v) is 10.1. The van der Waals surface area contributed by atoms with E-state index < -0.39 is 5.91 Å². The van der Waals surface area contributed by atoms with Gasteiger partial charge in [-0.15, -0.1) is 0 Å². The van der Waals surface area contributed by atoms with Crippen molar-refractivity contribution in [3.05, 3.63) is 112 Å². The van der Waals surface area contributed by atoms with Crippen molar-refractivity contribution in [3.63, 3.8) is 0 Å². The number of carbonyl (C=O) groups excluding carboxylic acids is 2. The fourth-order valence-corrected chi connectivity index (χ4v) is 3.61. The van der Waals surface area contributed by atoms with E-state index in [0.717, 1.165) is 11.1 Å². The first-order valence-electron chi connectivity index (χ1n) is 10.1. The van der Waals surface area contributed by atoms with E-state index in [9.17, 15) is 14.4 Å². The molecule has 7 nitrogen and oxygen atoms in total. The Morgan fingerprint density at radius 2 is 1.56 bits per heavy atom. The molecular weight excluding hydrogens is 404 g/mol. The van der Waals surface area contributed by atoms with Crippen LogP contribution in [0, 0.1) is 0 Å². The average Bonchev–Trinajstić information content (AvgIpc) is 2.81. The highest BCUT2D eigenvalue weighted by atomic mass is 16.2. The lowest BCUT2D eigenvalue weighted by Crippen LogP contribution is -2.32. The summed E-state index contributed by atoms with van der Waals surface area (Å²) in [5.74, 6) is -0.853. The van der Waals surface area contributed by atoms with E-state index in [4.69, 9.17) is 5.73 Å². The van der Waals surface area contributed by atoms with Gasteiger partial charge in [0, 0.05) is 24.5 Å². The van der Waals surface area contributed by atoms with Gasteiger partial charge < -0.3 is 10.6 Å². The lowest BCUT2D eigenvalue weighted by molar-refractivity contribution is 0.0779. The summed E-state index contributed by atoms with van der Waals surface area (Å²) in [5.41, 5.74) is 7.36. The van der Waals surface area contributed by atoms with Crippen molar-refractivity contribution < 1.29 is 9.59 Å². The number of hydrogen-bond donors (Lipinski definition) is 1. The number of primary amides is 1. The molecule has 2 amide bonds. The summed E-state index contributed by atoms with van der Waals surface area (Å²) in [7, 11) is 1.66. The molecule has 0 bridgehead atoms. The van der Waals surface area contributed by atoms with Crippen molar-refractivity contribution in [1.82, 2.24) is 14.7 Å². The van der Waals surface area contributed by atoms with Gasteiger partial charge in [0.05, 0.1) is 11.9 Å². The number of amides is 2. The van der Waals surface area contributed by atoms with E-state index in [1.54, 1.807) is 49.5 Å². The molecule has 0 fully saturated rings. The smallest absolute Gasteiger partial charge is 0.274 e. The summed E-state index contributed by atoms with van der Waals surface area (Å²) in [4.78, 5) is 39.3. The maximum absolute atomic E-state index is 13.4. The van der Waals surface area contributed by atoms with Crippen LogP contribution in [0.2, 0.25) is 0 Å². The quantitative estimate of drug-likeness (QED) is 0.513. The highest BCUT2D eigenvalue weighted by Gasteiger charge is 2.20. The minimum atomic E-state index is -0.526. The number of aromatic nitrogens is 2. The topological polar surface area (TPSA) is 98.3 Å². The van der Waals surface area contributed by atoms with E-state index in [1.165, 1.54) is 9.58 Å². The van der Waals surface area contributed by atoms with Gasteiger partial charge in [-0.1, -0.05) is 60.7 Å². The standard InChI is InChI=1S/C25H22N4O3/c1-28(15-18-10-7-11-19(14-18)23(26)30)25(32)22-20-12-5-6-13-21(20)24(31)29(27-22)16-17-8-3-2-4-9-17/h2-14H,15-16H2,1H3,(H2,26,30). The largest absolute Gasteiger partial charge is 0.366 e. The van der Waals surface area contributed by atoms with Crippen LogP contribution in [-0.2, 0) is 13.1 Å². The van der Waals surface area contributed by atoms with Gasteiger partial charge in [0.15, 0.2) is 5.69 Å². The molecule has 0 aliphatic rings. The van der Waals surface area contributed by atoms with Gasteiger partial charge in [0.1, 0.15) is 0 Å². The molecule has 0 unspecified atom stereocenters. The zero-order valence-electron chi connectivity index (χ0n) is 17.6. The van der Waals surface area contributed by atoms with Crippen LogP contribution in [0.3, 0.4) is 0 Å². The summed E-state index contributed by atoms with van der Waals surface area (Å²) < 4.78 is 1.33. The maximum Gasteiger partial charge on any atom is 0.274 e. The van der Waals surface area contributed by atoms with Crippen LogP contribution in [0.5, 0.6) is 0 Å². The Morgan fingerprint density at radius 3 is 2.28 bits per heavy atom. The molecule has 0 spiro atoms. The number of hydrogen-bond acceptors (Lipinski definition) is 4. The second-order valence-corrected chi connectivity index (χ2v) is 7.57. The zero-order valence-corrected chi connectivity index (χ0v) is 17.6. The zero-order chi connectivity index (χ0) is 22.7. The SMILES string of the molecule is CN(Cc1cccc(C(N)=O)c1)C(=O)c1nn(Cc2ccccc2)c(=O)c2ccccc12. The van der Waals surface area contributed by atoms with E-state index in [1.807, 2.05) is 36.4 Å². The molecule has 0 saturated carbocycles. The molecule has 0 saturated heterocycles. The molecule has 3 aromatic carbocycles. The van der Waals surface area contributed by atoms with Crippen molar-refractivity contribution in [2.45, 2.75) is 13.1 Å². The van der Waals surface area contributed by atoms with Gasteiger partial charge in [-0.05, 0) is 29.3 Å². The molecule has 4 aromatic rings. The third-order valence-corrected chi connectivity index (χ3v) is 5.22. The Kier molecular flexibility index (Phi) is 5.81. The van der Waals surface area contributed by atoms with Crippen molar-refractivity contribution in [2.24, 2.45) is 5.73 Å². The van der Waals surface area contributed by atoms with Crippen LogP contribution in [0.25, 0.3) is 10.8 Å². The number of benzene rings is 3. The highest BCUT2D eigenvalue weighted by molar-refractivity contribution is 6.04. The first kappa shape index (κ1) is 21.0. The van der Waals surface area contributed by atoms with Crippen molar-refractivity contribution in [3.8, 4) is 0 Å². The molecule has 32 heavy (non-hydrogen) atoms. The predicted octanol–water partition coefficient (Wildman–Crippen LogP) is 2.82. The summed E-state index contributed by atoms with van der Waals surface area (Å²) in [6, 6.07) is 23.3. The van der Waals surface area contributed by atoms with Gasteiger partial charge in [-0.2, -0.15) is 5.10 Å². The molecule has 2 N–H and O–H groups in total. The summed E-state index contributed by atoms with van der Waals surface area (Å²) in [5, 5.41) is 5.38. The Hall–Kier alpha value is -4.26. The van der Waals surface area contributed by atoms with Crippen LogP contribution in [-0.4, -0.2) is 33.5 Å². The fourth-order valence-electron chi connectivity index (χ4n) is 3.61. The normalized spacial score (nSPS) is 10.8. The molecule has 1 aromatic heterocycles. The van der Waals surface area contributed by atoms with E-state index in [-0.39, 0.29) is 30.2 Å². The summed E-state index contributed by atoms with van der Waals surface area (Å²) in [6.07, 6.45) is 0. The molecular formula is C25H22N4O3. The van der Waals surface area contributed by atoms with Crippen molar-refractivity contribution in [2.75, 3.05) is 7.05 Å². The molecule has 0 radical (unpaired) electrons. The number of fused-ring (bicyclic) bond motifs is 1. The number of nitrogens with zero attached hydrogens (tertiary/aromatic N) is 3. The van der Waals surface area contributed by atoms with E-state index in [0.29, 0.717) is 16.3 Å². The maximum atomic E-state index is 13.4. The minimum Gasteiger partial charge on any atom is -0.366 e. The Bertz CT molecular complexity index is 1360. The summed E-state index contributed by atoms with van der Waals surface area (Å²) in [6.45, 7) is 0.517. The minimum absolute atomic E-state index is 0.199. The predicted molar refractivity (Wildman–Crippen MR) is 122 cm³/mol. The van der Waals surface area contributed by atoms with Crippen LogP contribution in [0.4, 0.5) is 0 Å². The van der Waals surface area contributed by atoms with Crippen LogP contribution >= 0.6 is 0 Å². The highest BCUT2D eigenvalue weighted by Crippen LogP contribution is 2.17. The van der Waals surface area contributed by atoms with Gasteiger partial charge in [0.25, 0.3) is 11.5 Å². The second-order valence-electron chi connectivity index (χ2n) is 7.57. The molecule has 4 rings (SSSR count). The lowest BCUT2D eigenvalue weighted by atomic mass is 10.1. The average molecular weight is 426 g/mol. The molecule has 0 atom stereocenters. The molecule has 0 aliphatic heterocycles. The number of carbonyl (C=O) groups is 2. The Balaban J connectivity index is 1.71. The summed E-state index contributed by atoms with van der Waals surface area (Å²) >= 11 is 0. The molecule has 7 heteroatoms. The monoisotopic (exact) mass is 426 g/mol. The third kappa shape index (κ3) is 4.27. The lowest BCUT2D eigenvalue weighted by Gasteiger charge is -2.19. The third-order valence-electron chi connectivity index (χ3n) is 5.22. The van der Waals surface area contributed by atoms with E-state index in [2.05, 4.69) is 5.10 Å². The van der Waals surface area contributed by atoms with Gasteiger partial charge in [-0.25, -0.2) is 4.68 Å². The van der Waals surface area contributed by atoms with Gasteiger partial charge in [-0.3, -0.25) is 14.4 Å². The molecule has 0 aliphatic carbocycles. The van der Waals surface area contributed by atoms with Gasteiger partial charge in [0.2, 0.25) is 5.91 Å².